The minimum atomic E-state index is -0.472. The fourth-order valence-electron chi connectivity index (χ4n) is 4.03. The summed E-state index contributed by atoms with van der Waals surface area (Å²) < 4.78 is 0. The molecule has 0 saturated carbocycles. The van der Waals surface area contributed by atoms with E-state index in [1.54, 1.807) is 13.0 Å². The lowest BCUT2D eigenvalue weighted by atomic mass is 10.1. The van der Waals surface area contributed by atoms with E-state index in [0.29, 0.717) is 16.8 Å². The molecule has 0 radical (unpaired) electrons. The van der Waals surface area contributed by atoms with Crippen LogP contribution in [0, 0.1) is 17.0 Å². The maximum absolute atomic E-state index is 12.6. The molecule has 1 aliphatic rings. The fourth-order valence-corrected chi connectivity index (χ4v) is 4.03. The second-order valence-corrected chi connectivity index (χ2v) is 7.96. The van der Waals surface area contributed by atoms with Crippen LogP contribution in [0.4, 0.5) is 17.1 Å². The van der Waals surface area contributed by atoms with E-state index in [2.05, 4.69) is 39.4 Å². The lowest BCUT2D eigenvalue weighted by molar-refractivity contribution is -0.385. The third-order valence-corrected chi connectivity index (χ3v) is 5.86. The number of hydrogen-bond donors (Lipinski definition) is 1. The van der Waals surface area contributed by atoms with Crippen molar-refractivity contribution in [1.82, 2.24) is 4.90 Å². The monoisotopic (exact) mass is 430 g/mol. The van der Waals surface area contributed by atoms with Crippen molar-refractivity contribution in [2.45, 2.75) is 13.5 Å². The van der Waals surface area contributed by atoms with Gasteiger partial charge in [-0.15, -0.1) is 0 Å². The Labute approximate surface area is 187 Å². The number of benzene rings is 3. The molecule has 3 aromatic carbocycles. The largest absolute Gasteiger partial charge is 0.369 e. The van der Waals surface area contributed by atoms with E-state index in [9.17, 15) is 14.9 Å². The van der Waals surface area contributed by atoms with Crippen LogP contribution >= 0.6 is 0 Å². The second kappa shape index (κ2) is 9.62. The van der Waals surface area contributed by atoms with Crippen LogP contribution in [0.1, 0.15) is 21.5 Å². The summed E-state index contributed by atoms with van der Waals surface area (Å²) in [5.74, 6) is -0.353. The van der Waals surface area contributed by atoms with Crippen LogP contribution in [0.5, 0.6) is 0 Å². The third-order valence-electron chi connectivity index (χ3n) is 5.86. The van der Waals surface area contributed by atoms with E-state index >= 15 is 0 Å². The van der Waals surface area contributed by atoms with Gasteiger partial charge in [-0.05, 0) is 42.8 Å². The zero-order valence-electron chi connectivity index (χ0n) is 18.0. The van der Waals surface area contributed by atoms with Crippen LogP contribution in [0.25, 0.3) is 0 Å². The van der Waals surface area contributed by atoms with Crippen LogP contribution < -0.4 is 10.2 Å². The van der Waals surface area contributed by atoms with Crippen LogP contribution in [0.2, 0.25) is 0 Å². The number of amides is 1. The average Bonchev–Trinajstić information content (AvgIpc) is 2.81. The Kier molecular flexibility index (Phi) is 6.47. The Morgan fingerprint density at radius 1 is 0.938 bits per heavy atom. The highest BCUT2D eigenvalue weighted by Gasteiger charge is 2.19. The summed E-state index contributed by atoms with van der Waals surface area (Å²) in [6.45, 7) is 6.46. The number of nitro groups is 1. The van der Waals surface area contributed by atoms with Crippen LogP contribution in [-0.2, 0) is 6.54 Å². The predicted octanol–water partition coefficient (Wildman–Crippen LogP) is 4.48. The van der Waals surface area contributed by atoms with Gasteiger partial charge in [-0.25, -0.2) is 0 Å². The van der Waals surface area contributed by atoms with E-state index in [4.69, 9.17) is 0 Å². The van der Waals surface area contributed by atoms with Gasteiger partial charge < -0.3 is 10.2 Å². The highest BCUT2D eigenvalue weighted by molar-refractivity contribution is 6.05. The maximum Gasteiger partial charge on any atom is 0.273 e. The number of nitrogens with zero attached hydrogens (tertiary/aromatic N) is 3. The molecule has 164 valence electrons. The molecule has 0 atom stereocenters. The van der Waals surface area contributed by atoms with Gasteiger partial charge in [0.05, 0.1) is 4.92 Å². The first kappa shape index (κ1) is 21.5. The van der Waals surface area contributed by atoms with Crippen molar-refractivity contribution < 1.29 is 9.72 Å². The van der Waals surface area contributed by atoms with Crippen molar-refractivity contribution in [3.63, 3.8) is 0 Å². The molecule has 3 aromatic rings. The summed E-state index contributed by atoms with van der Waals surface area (Å²) in [7, 11) is 0. The molecule has 1 saturated heterocycles. The molecule has 7 heteroatoms. The number of carbonyl (C=O) groups is 1. The van der Waals surface area contributed by atoms with E-state index in [-0.39, 0.29) is 11.6 Å². The van der Waals surface area contributed by atoms with Crippen molar-refractivity contribution in [2.24, 2.45) is 0 Å². The van der Waals surface area contributed by atoms with E-state index in [1.165, 1.54) is 17.7 Å². The Hall–Kier alpha value is -3.71. The van der Waals surface area contributed by atoms with E-state index in [0.717, 1.165) is 38.4 Å². The first-order valence-electron chi connectivity index (χ1n) is 10.7. The fraction of sp³-hybridized carbons (Fsp3) is 0.240. The summed E-state index contributed by atoms with van der Waals surface area (Å²) >= 11 is 0. The van der Waals surface area contributed by atoms with Gasteiger partial charge in [0.15, 0.2) is 0 Å². The molecular formula is C25H26N4O3. The number of anilines is 2. The van der Waals surface area contributed by atoms with Gasteiger partial charge >= 0.3 is 0 Å². The van der Waals surface area contributed by atoms with Gasteiger partial charge in [0.25, 0.3) is 11.6 Å². The molecule has 1 N–H and O–H groups in total. The predicted molar refractivity (Wildman–Crippen MR) is 126 cm³/mol. The minimum absolute atomic E-state index is 0.0561. The summed E-state index contributed by atoms with van der Waals surface area (Å²) in [5, 5.41) is 14.0. The first-order chi connectivity index (χ1) is 15.5. The standard InChI is InChI=1S/C25H26N4O3/c1-19-23(8-5-9-24(19)29(31)32)25(30)26-21-10-12-22(13-11-21)28-16-14-27(15-17-28)18-20-6-3-2-4-7-20/h2-13H,14-18H2,1H3,(H,26,30). The highest BCUT2D eigenvalue weighted by atomic mass is 16.6. The van der Waals surface area contributed by atoms with Gasteiger partial charge in [0.2, 0.25) is 0 Å². The summed E-state index contributed by atoms with van der Waals surface area (Å²) in [6, 6.07) is 22.8. The molecule has 0 unspecified atom stereocenters. The van der Waals surface area contributed by atoms with Crippen LogP contribution in [0.15, 0.2) is 72.8 Å². The van der Waals surface area contributed by atoms with Crippen molar-refractivity contribution in [3.05, 3.63) is 99.6 Å². The van der Waals surface area contributed by atoms with E-state index < -0.39 is 4.92 Å². The number of hydrogen-bond acceptors (Lipinski definition) is 5. The molecule has 0 aliphatic carbocycles. The molecule has 7 nitrogen and oxygen atoms in total. The van der Waals surface area contributed by atoms with Crippen molar-refractivity contribution in [2.75, 3.05) is 36.4 Å². The SMILES string of the molecule is Cc1c(C(=O)Nc2ccc(N3CCN(Cc4ccccc4)CC3)cc2)cccc1[N+](=O)[O-]. The molecule has 32 heavy (non-hydrogen) atoms. The van der Waals surface area contributed by atoms with Crippen LogP contribution in [0.3, 0.4) is 0 Å². The van der Waals surface area contributed by atoms with E-state index in [1.807, 2.05) is 30.3 Å². The lowest BCUT2D eigenvalue weighted by Crippen LogP contribution is -2.45. The molecule has 1 heterocycles. The topological polar surface area (TPSA) is 78.7 Å². The molecule has 0 spiro atoms. The summed E-state index contributed by atoms with van der Waals surface area (Å²) in [6.07, 6.45) is 0. The van der Waals surface area contributed by atoms with Crippen LogP contribution in [-0.4, -0.2) is 41.9 Å². The Morgan fingerprint density at radius 2 is 1.62 bits per heavy atom. The van der Waals surface area contributed by atoms with Crippen molar-refractivity contribution >= 4 is 23.0 Å². The van der Waals surface area contributed by atoms with Crippen molar-refractivity contribution in [3.8, 4) is 0 Å². The highest BCUT2D eigenvalue weighted by Crippen LogP contribution is 2.24. The number of piperazine rings is 1. The normalized spacial score (nSPS) is 14.2. The Bertz CT molecular complexity index is 1090. The summed E-state index contributed by atoms with van der Waals surface area (Å²) in [4.78, 5) is 28.1. The molecule has 0 bridgehead atoms. The first-order valence-corrected chi connectivity index (χ1v) is 10.7. The number of nitrogens with one attached hydrogen (secondary N) is 1. The Morgan fingerprint density at radius 3 is 2.28 bits per heavy atom. The number of rotatable bonds is 6. The summed E-state index contributed by atoms with van der Waals surface area (Å²) in [5.41, 5.74) is 3.72. The zero-order valence-corrected chi connectivity index (χ0v) is 18.0. The van der Waals surface area contributed by atoms with Crippen molar-refractivity contribution in [1.29, 1.82) is 0 Å². The molecule has 1 fully saturated rings. The average molecular weight is 431 g/mol. The van der Waals surface area contributed by atoms with Gasteiger partial charge in [0, 0.05) is 61.3 Å². The maximum atomic E-state index is 12.6. The molecular weight excluding hydrogens is 404 g/mol. The van der Waals surface area contributed by atoms with Gasteiger partial charge in [-0.2, -0.15) is 0 Å². The minimum Gasteiger partial charge on any atom is -0.369 e. The zero-order chi connectivity index (χ0) is 22.5. The number of carbonyl (C=O) groups excluding carboxylic acids is 1. The molecule has 1 amide bonds. The lowest BCUT2D eigenvalue weighted by Gasteiger charge is -2.36. The number of nitro benzene ring substituents is 1. The Balaban J connectivity index is 1.34. The molecule has 1 aliphatic heterocycles. The quantitative estimate of drug-likeness (QED) is 0.461. The second-order valence-electron chi connectivity index (χ2n) is 7.96. The molecule has 0 aromatic heterocycles. The third kappa shape index (κ3) is 4.95. The van der Waals surface area contributed by atoms with Gasteiger partial charge in [-0.1, -0.05) is 36.4 Å². The van der Waals surface area contributed by atoms with Gasteiger partial charge in [-0.3, -0.25) is 19.8 Å². The molecule has 4 rings (SSSR count). The van der Waals surface area contributed by atoms with Gasteiger partial charge in [0.1, 0.15) is 0 Å². The smallest absolute Gasteiger partial charge is 0.273 e.